The first-order chi connectivity index (χ1) is 13.8. The van der Waals surface area contributed by atoms with Crippen molar-refractivity contribution in [2.45, 2.75) is 65.0 Å². The minimum atomic E-state index is -0.548. The molecule has 4 nitrogen and oxygen atoms in total. The first-order valence-electron chi connectivity index (χ1n) is 10.4. The van der Waals surface area contributed by atoms with Crippen LogP contribution in [0.1, 0.15) is 60.2 Å². The van der Waals surface area contributed by atoms with E-state index in [1.165, 1.54) is 0 Å². The Kier molecular flexibility index (Phi) is 9.07. The average Bonchev–Trinajstić information content (AvgIpc) is 2.91. The van der Waals surface area contributed by atoms with Gasteiger partial charge in [-0.2, -0.15) is 0 Å². The highest BCUT2D eigenvalue weighted by Gasteiger charge is 2.39. The SMILES string of the molecule is CPC.Cc1cc(C)c2c(c1)/C=C/C[C@@H]1OC(C)(C)OC1C/C=C\CCNC2=O. The van der Waals surface area contributed by atoms with Crippen LogP contribution in [0, 0.1) is 13.8 Å². The molecule has 29 heavy (non-hydrogen) atoms. The molecule has 1 N–H and O–H groups in total. The molecule has 0 bridgehead atoms. The number of carbonyl (C=O) groups excluding carboxylic acids is 1. The van der Waals surface area contributed by atoms with E-state index in [1.54, 1.807) is 0 Å². The molecule has 160 valence electrons. The second-order valence-corrected chi connectivity index (χ2v) is 9.15. The summed E-state index contributed by atoms with van der Waals surface area (Å²) >= 11 is 0. The van der Waals surface area contributed by atoms with Crippen LogP contribution in [0.2, 0.25) is 0 Å². The lowest BCUT2D eigenvalue weighted by atomic mass is 9.97. The van der Waals surface area contributed by atoms with E-state index in [0.717, 1.165) is 50.1 Å². The summed E-state index contributed by atoms with van der Waals surface area (Å²) in [6.45, 7) is 12.9. The van der Waals surface area contributed by atoms with E-state index in [1.807, 2.05) is 26.8 Å². The Bertz CT molecular complexity index is 755. The van der Waals surface area contributed by atoms with E-state index in [2.05, 4.69) is 55.9 Å². The van der Waals surface area contributed by atoms with E-state index >= 15 is 0 Å². The monoisotopic (exact) mass is 417 g/mol. The van der Waals surface area contributed by atoms with Crippen molar-refractivity contribution in [3.8, 4) is 0 Å². The second-order valence-electron chi connectivity index (χ2n) is 8.15. The van der Waals surface area contributed by atoms with Crippen LogP contribution in [0.3, 0.4) is 0 Å². The predicted octanol–water partition coefficient (Wildman–Crippen LogP) is 5.23. The number of hydrogen-bond donors (Lipinski definition) is 1. The van der Waals surface area contributed by atoms with Gasteiger partial charge in [0.05, 0.1) is 12.2 Å². The average molecular weight is 418 g/mol. The molecule has 0 saturated carbocycles. The zero-order chi connectivity index (χ0) is 21.4. The maximum Gasteiger partial charge on any atom is 0.252 e. The zero-order valence-corrected chi connectivity index (χ0v) is 19.7. The number of rotatable bonds is 0. The molecular formula is C24H36NO3P. The Labute approximate surface area is 177 Å². The van der Waals surface area contributed by atoms with Gasteiger partial charge < -0.3 is 14.8 Å². The molecule has 1 aromatic rings. The first-order valence-corrected chi connectivity index (χ1v) is 12.4. The number of carbonyl (C=O) groups is 1. The van der Waals surface area contributed by atoms with Gasteiger partial charge >= 0.3 is 0 Å². The fourth-order valence-electron chi connectivity index (χ4n) is 3.79. The fourth-order valence-corrected chi connectivity index (χ4v) is 3.79. The Morgan fingerprint density at radius 2 is 1.66 bits per heavy atom. The third-order valence-electron chi connectivity index (χ3n) is 4.82. The highest BCUT2D eigenvalue weighted by molar-refractivity contribution is 7.35. The van der Waals surface area contributed by atoms with Crippen molar-refractivity contribution < 1.29 is 14.3 Å². The van der Waals surface area contributed by atoms with Crippen LogP contribution >= 0.6 is 8.58 Å². The molecular weight excluding hydrogens is 381 g/mol. The normalized spacial score (nSPS) is 26.1. The number of amides is 1. The summed E-state index contributed by atoms with van der Waals surface area (Å²) in [7, 11) is 1.08. The molecule has 2 heterocycles. The minimum absolute atomic E-state index is 0.00734. The number of benzene rings is 1. The van der Waals surface area contributed by atoms with Crippen LogP contribution < -0.4 is 5.32 Å². The largest absolute Gasteiger partial charge is 0.352 e. The molecule has 1 fully saturated rings. The van der Waals surface area contributed by atoms with Crippen LogP contribution in [0.25, 0.3) is 6.08 Å². The van der Waals surface area contributed by atoms with Gasteiger partial charge in [0.25, 0.3) is 5.91 Å². The summed E-state index contributed by atoms with van der Waals surface area (Å²) in [6.07, 6.45) is 10.9. The molecule has 1 unspecified atom stereocenters. The van der Waals surface area contributed by atoms with E-state index in [-0.39, 0.29) is 18.1 Å². The minimum Gasteiger partial charge on any atom is -0.352 e. The summed E-state index contributed by atoms with van der Waals surface area (Å²) in [5.41, 5.74) is 3.88. The van der Waals surface area contributed by atoms with Crippen molar-refractivity contribution in [2.75, 3.05) is 19.9 Å². The molecule has 3 rings (SSSR count). The van der Waals surface area contributed by atoms with Gasteiger partial charge in [0, 0.05) is 12.1 Å². The van der Waals surface area contributed by atoms with E-state index in [4.69, 9.17) is 9.47 Å². The van der Waals surface area contributed by atoms with Gasteiger partial charge in [-0.1, -0.05) is 42.0 Å². The van der Waals surface area contributed by atoms with Crippen LogP contribution in [0.5, 0.6) is 0 Å². The number of ether oxygens (including phenoxy) is 2. The number of nitrogens with one attached hydrogen (secondary N) is 1. The highest BCUT2D eigenvalue weighted by atomic mass is 31.1. The van der Waals surface area contributed by atoms with Crippen molar-refractivity contribution in [3.63, 3.8) is 0 Å². The van der Waals surface area contributed by atoms with Gasteiger partial charge in [0.2, 0.25) is 0 Å². The summed E-state index contributed by atoms with van der Waals surface area (Å²) in [5.74, 6) is -0.555. The lowest BCUT2D eigenvalue weighted by Crippen LogP contribution is -2.26. The van der Waals surface area contributed by atoms with E-state index in [0.29, 0.717) is 6.54 Å². The molecule has 1 amide bonds. The fraction of sp³-hybridized carbons (Fsp3) is 0.542. The maximum atomic E-state index is 12.7. The highest BCUT2D eigenvalue weighted by Crippen LogP contribution is 2.32. The third-order valence-corrected chi connectivity index (χ3v) is 4.82. The van der Waals surface area contributed by atoms with Crippen molar-refractivity contribution in [1.82, 2.24) is 5.32 Å². The summed E-state index contributed by atoms with van der Waals surface area (Å²) in [5, 5.41) is 3.03. The topological polar surface area (TPSA) is 47.6 Å². The quantitative estimate of drug-likeness (QED) is 0.464. The Balaban J connectivity index is 0.000000941. The summed E-state index contributed by atoms with van der Waals surface area (Å²) in [4.78, 5) is 12.7. The Hall–Kier alpha value is -1.48. The lowest BCUT2D eigenvalue weighted by molar-refractivity contribution is -0.145. The van der Waals surface area contributed by atoms with Gasteiger partial charge in [-0.05, 0) is 71.4 Å². The molecule has 5 heteroatoms. The number of fused-ring (bicyclic) bond motifs is 2. The van der Waals surface area contributed by atoms with E-state index in [9.17, 15) is 4.79 Å². The molecule has 1 saturated heterocycles. The van der Waals surface area contributed by atoms with Crippen LogP contribution in [0.4, 0.5) is 0 Å². The lowest BCUT2D eigenvalue weighted by Gasteiger charge is -2.16. The predicted molar refractivity (Wildman–Crippen MR) is 124 cm³/mol. The van der Waals surface area contributed by atoms with E-state index < -0.39 is 5.79 Å². The van der Waals surface area contributed by atoms with Crippen LogP contribution in [0.15, 0.2) is 30.4 Å². The smallest absolute Gasteiger partial charge is 0.252 e. The van der Waals surface area contributed by atoms with Crippen molar-refractivity contribution >= 4 is 20.6 Å². The molecule has 2 atom stereocenters. The molecule has 2 aliphatic rings. The standard InChI is InChI=1S/C22H29NO3.C2H7P/c1-15-13-16(2)20-17(14-15)9-8-11-19-18(25-22(3,4)26-19)10-6-5-7-12-23-21(20)24;1-3-2/h5-6,8-9,13-14,18-19H,7,10-12H2,1-4H3,(H,23,24);3H,1-2H3/b6-5-,9-8+;/t18?,19-;/m0./s1. The molecule has 0 aromatic heterocycles. The first kappa shape index (κ1) is 23.8. The van der Waals surface area contributed by atoms with Crippen molar-refractivity contribution in [1.29, 1.82) is 0 Å². The summed E-state index contributed by atoms with van der Waals surface area (Å²) < 4.78 is 12.1. The zero-order valence-electron chi connectivity index (χ0n) is 18.7. The molecule has 0 aliphatic carbocycles. The van der Waals surface area contributed by atoms with Crippen LogP contribution in [-0.4, -0.2) is 43.8 Å². The maximum absolute atomic E-state index is 12.7. The van der Waals surface area contributed by atoms with Gasteiger partial charge in [-0.25, -0.2) is 0 Å². The molecule has 0 radical (unpaired) electrons. The summed E-state index contributed by atoms with van der Waals surface area (Å²) in [6, 6.07) is 4.12. The number of aryl methyl sites for hydroxylation is 2. The Morgan fingerprint density at radius 3 is 2.31 bits per heavy atom. The second kappa shape index (κ2) is 11.1. The molecule has 0 spiro atoms. The van der Waals surface area contributed by atoms with Gasteiger partial charge in [-0.3, -0.25) is 4.79 Å². The number of hydrogen-bond acceptors (Lipinski definition) is 3. The van der Waals surface area contributed by atoms with Crippen molar-refractivity contribution in [3.05, 3.63) is 52.6 Å². The molecule has 1 aromatic carbocycles. The van der Waals surface area contributed by atoms with Gasteiger partial charge in [-0.15, -0.1) is 8.58 Å². The van der Waals surface area contributed by atoms with Crippen molar-refractivity contribution in [2.24, 2.45) is 0 Å². The Morgan fingerprint density at radius 1 is 1.03 bits per heavy atom. The molecule has 2 aliphatic heterocycles. The third kappa shape index (κ3) is 7.06. The van der Waals surface area contributed by atoms with Gasteiger partial charge in [0.1, 0.15) is 0 Å². The van der Waals surface area contributed by atoms with Gasteiger partial charge in [0.15, 0.2) is 5.79 Å². The van der Waals surface area contributed by atoms with Crippen LogP contribution in [-0.2, 0) is 9.47 Å².